The Labute approximate surface area is 103 Å². The number of benzene rings is 1. The molecule has 0 aliphatic carbocycles. The Morgan fingerprint density at radius 3 is 2.62 bits per heavy atom. The van der Waals surface area contributed by atoms with Gasteiger partial charge in [-0.15, -0.1) is 0 Å². The number of nitrogens with zero attached hydrogens (tertiary/aromatic N) is 2. The molecule has 1 heterocycles. The highest BCUT2D eigenvalue weighted by molar-refractivity contribution is 9.10. The second-order valence-electron chi connectivity index (χ2n) is 3.55. The number of hydrogen-bond acceptors (Lipinski definition) is 2. The third-order valence-corrected chi connectivity index (χ3v) is 2.66. The molecule has 0 atom stereocenters. The van der Waals surface area contributed by atoms with Crippen LogP contribution in [0.3, 0.4) is 0 Å². The van der Waals surface area contributed by atoms with Gasteiger partial charge in [0.15, 0.2) is 0 Å². The molecule has 0 saturated heterocycles. The summed E-state index contributed by atoms with van der Waals surface area (Å²) in [6.45, 7) is 4.93. The lowest BCUT2D eigenvalue weighted by atomic mass is 10.2. The maximum absolute atomic E-state index is 5.70. The Balaban J connectivity index is 2.22. The van der Waals surface area contributed by atoms with Gasteiger partial charge in [0.05, 0.1) is 0 Å². The van der Waals surface area contributed by atoms with Crippen molar-refractivity contribution in [2.24, 2.45) is 0 Å². The third-order valence-electron chi connectivity index (χ3n) is 2.28. The standard InChI is InChI=1S/C12H13BrN2O/c1-3-15-8-11(13)14-12(15)16-10-6-4-9(2)5-7-10/h4-8H,3H2,1-2H3. The summed E-state index contributed by atoms with van der Waals surface area (Å²) >= 11 is 3.34. The Morgan fingerprint density at radius 1 is 1.31 bits per heavy atom. The van der Waals surface area contributed by atoms with Crippen LogP contribution in [0, 0.1) is 6.92 Å². The average Bonchev–Trinajstić information content (AvgIpc) is 2.62. The molecule has 16 heavy (non-hydrogen) atoms. The van der Waals surface area contributed by atoms with Crippen LogP contribution in [0.5, 0.6) is 11.8 Å². The summed E-state index contributed by atoms with van der Waals surface area (Å²) in [5, 5.41) is 0. The van der Waals surface area contributed by atoms with E-state index in [-0.39, 0.29) is 0 Å². The van der Waals surface area contributed by atoms with Crippen molar-refractivity contribution in [3.63, 3.8) is 0 Å². The van der Waals surface area contributed by atoms with E-state index in [2.05, 4.69) is 27.8 Å². The van der Waals surface area contributed by atoms with Crippen LogP contribution in [-0.4, -0.2) is 9.55 Å². The highest BCUT2D eigenvalue weighted by Gasteiger charge is 2.06. The molecular weight excluding hydrogens is 268 g/mol. The van der Waals surface area contributed by atoms with E-state index >= 15 is 0 Å². The van der Waals surface area contributed by atoms with Gasteiger partial charge in [-0.25, -0.2) is 0 Å². The number of ether oxygens (including phenoxy) is 1. The first-order valence-corrected chi connectivity index (χ1v) is 5.95. The highest BCUT2D eigenvalue weighted by atomic mass is 79.9. The fourth-order valence-corrected chi connectivity index (χ4v) is 1.79. The van der Waals surface area contributed by atoms with Crippen molar-refractivity contribution >= 4 is 15.9 Å². The second-order valence-corrected chi connectivity index (χ2v) is 4.36. The summed E-state index contributed by atoms with van der Waals surface area (Å²) in [5.41, 5.74) is 1.22. The average molecular weight is 281 g/mol. The van der Waals surface area contributed by atoms with Crippen molar-refractivity contribution < 1.29 is 4.74 Å². The maximum atomic E-state index is 5.70. The van der Waals surface area contributed by atoms with E-state index in [1.165, 1.54) is 5.56 Å². The summed E-state index contributed by atoms with van der Waals surface area (Å²) in [4.78, 5) is 4.26. The van der Waals surface area contributed by atoms with Gasteiger partial charge in [0.1, 0.15) is 10.4 Å². The summed E-state index contributed by atoms with van der Waals surface area (Å²) < 4.78 is 8.43. The van der Waals surface area contributed by atoms with Gasteiger partial charge < -0.3 is 4.74 Å². The predicted molar refractivity (Wildman–Crippen MR) is 66.9 cm³/mol. The SMILES string of the molecule is CCn1cc(Br)nc1Oc1ccc(C)cc1. The molecule has 0 N–H and O–H groups in total. The predicted octanol–water partition coefficient (Wildman–Crippen LogP) is 3.77. The van der Waals surface area contributed by atoms with Crippen LogP contribution < -0.4 is 4.74 Å². The number of halogens is 1. The molecule has 0 spiro atoms. The molecule has 0 aliphatic heterocycles. The lowest BCUT2D eigenvalue weighted by Gasteiger charge is -2.06. The molecule has 0 fully saturated rings. The van der Waals surface area contributed by atoms with E-state index in [4.69, 9.17) is 4.74 Å². The van der Waals surface area contributed by atoms with Gasteiger partial charge in [-0.05, 0) is 41.9 Å². The van der Waals surface area contributed by atoms with Gasteiger partial charge in [0.2, 0.25) is 0 Å². The van der Waals surface area contributed by atoms with E-state index in [1.807, 2.05) is 42.0 Å². The molecule has 1 aromatic heterocycles. The van der Waals surface area contributed by atoms with Crippen LogP contribution in [0.25, 0.3) is 0 Å². The summed E-state index contributed by atoms with van der Waals surface area (Å²) in [6, 6.07) is 8.53. The van der Waals surface area contributed by atoms with Gasteiger partial charge in [0.25, 0.3) is 0 Å². The van der Waals surface area contributed by atoms with Gasteiger partial charge in [-0.3, -0.25) is 4.57 Å². The molecule has 0 unspecified atom stereocenters. The third kappa shape index (κ3) is 2.44. The van der Waals surface area contributed by atoms with E-state index in [0.29, 0.717) is 6.01 Å². The zero-order chi connectivity index (χ0) is 11.5. The minimum absolute atomic E-state index is 0.609. The van der Waals surface area contributed by atoms with Crippen LogP contribution in [0.2, 0.25) is 0 Å². The molecule has 1 aromatic carbocycles. The number of aryl methyl sites for hydroxylation is 2. The first kappa shape index (κ1) is 11.2. The van der Waals surface area contributed by atoms with E-state index in [9.17, 15) is 0 Å². The Morgan fingerprint density at radius 2 is 2.00 bits per heavy atom. The van der Waals surface area contributed by atoms with Gasteiger partial charge in [-0.2, -0.15) is 4.98 Å². The van der Waals surface area contributed by atoms with Crippen LogP contribution in [0.15, 0.2) is 35.1 Å². The molecule has 4 heteroatoms. The van der Waals surface area contributed by atoms with Crippen LogP contribution in [-0.2, 0) is 6.54 Å². The second kappa shape index (κ2) is 4.70. The molecule has 0 bridgehead atoms. The van der Waals surface area contributed by atoms with Gasteiger partial charge >= 0.3 is 6.01 Å². The minimum Gasteiger partial charge on any atom is -0.425 e. The maximum Gasteiger partial charge on any atom is 0.302 e. The molecule has 0 saturated carbocycles. The number of rotatable bonds is 3. The first-order valence-electron chi connectivity index (χ1n) is 5.16. The lowest BCUT2D eigenvalue weighted by molar-refractivity contribution is 0.415. The molecule has 3 nitrogen and oxygen atoms in total. The normalized spacial score (nSPS) is 10.4. The molecule has 0 aliphatic rings. The van der Waals surface area contributed by atoms with Gasteiger partial charge in [-0.1, -0.05) is 17.7 Å². The highest BCUT2D eigenvalue weighted by Crippen LogP contribution is 2.23. The largest absolute Gasteiger partial charge is 0.425 e. The fraction of sp³-hybridized carbons (Fsp3) is 0.250. The summed E-state index contributed by atoms with van der Waals surface area (Å²) in [5.74, 6) is 0.804. The number of imidazole rings is 1. The Bertz CT molecular complexity index is 476. The Kier molecular flexibility index (Phi) is 3.29. The van der Waals surface area contributed by atoms with Crippen LogP contribution >= 0.6 is 15.9 Å². The monoisotopic (exact) mass is 280 g/mol. The molecule has 84 valence electrons. The topological polar surface area (TPSA) is 27.1 Å². The molecule has 2 rings (SSSR count). The van der Waals surface area contributed by atoms with Crippen LogP contribution in [0.4, 0.5) is 0 Å². The fourth-order valence-electron chi connectivity index (χ4n) is 1.39. The zero-order valence-electron chi connectivity index (χ0n) is 9.27. The summed E-state index contributed by atoms with van der Waals surface area (Å²) in [7, 11) is 0. The minimum atomic E-state index is 0.609. The van der Waals surface area contributed by atoms with Crippen molar-refractivity contribution in [2.75, 3.05) is 0 Å². The van der Waals surface area contributed by atoms with Crippen molar-refractivity contribution in [1.29, 1.82) is 0 Å². The number of aromatic nitrogens is 2. The molecule has 0 amide bonds. The lowest BCUT2D eigenvalue weighted by Crippen LogP contribution is -1.96. The smallest absolute Gasteiger partial charge is 0.302 e. The zero-order valence-corrected chi connectivity index (χ0v) is 10.9. The van der Waals surface area contributed by atoms with Gasteiger partial charge in [0, 0.05) is 12.7 Å². The number of hydrogen-bond donors (Lipinski definition) is 0. The molecular formula is C12H13BrN2O. The van der Waals surface area contributed by atoms with Crippen molar-refractivity contribution in [3.8, 4) is 11.8 Å². The molecule has 2 aromatic rings. The van der Waals surface area contributed by atoms with Crippen molar-refractivity contribution in [2.45, 2.75) is 20.4 Å². The van der Waals surface area contributed by atoms with E-state index < -0.39 is 0 Å². The quantitative estimate of drug-likeness (QED) is 0.856. The van der Waals surface area contributed by atoms with Crippen molar-refractivity contribution in [1.82, 2.24) is 9.55 Å². The van der Waals surface area contributed by atoms with E-state index in [1.54, 1.807) is 0 Å². The first-order chi connectivity index (χ1) is 7.69. The Hall–Kier alpha value is -1.29. The molecule has 0 radical (unpaired) electrons. The van der Waals surface area contributed by atoms with Crippen molar-refractivity contribution in [3.05, 3.63) is 40.6 Å². The van der Waals surface area contributed by atoms with E-state index in [0.717, 1.165) is 16.9 Å². The van der Waals surface area contributed by atoms with Crippen LogP contribution in [0.1, 0.15) is 12.5 Å². The summed E-state index contributed by atoms with van der Waals surface area (Å²) in [6.07, 6.45) is 1.91.